The van der Waals surface area contributed by atoms with Crippen molar-refractivity contribution in [1.29, 1.82) is 0 Å². The first-order chi connectivity index (χ1) is 5.29. The number of carboxylic acids is 2. The van der Waals surface area contributed by atoms with Crippen LogP contribution in [0.2, 0.25) is 0 Å². The first kappa shape index (κ1) is 18.1. The minimum Gasteiger partial charge on any atom is -0.542 e. The molecule has 13 heavy (non-hydrogen) atoms. The van der Waals surface area contributed by atoms with Gasteiger partial charge in [0.1, 0.15) is 11.9 Å². The summed E-state index contributed by atoms with van der Waals surface area (Å²) in [6, 6.07) is 0. The minimum absolute atomic E-state index is 0. The maximum absolute atomic E-state index is 9.48. The molecule has 0 radical (unpaired) electrons. The quantitative estimate of drug-likeness (QED) is 0.387. The third-order valence-electron chi connectivity index (χ3n) is 0.575. The number of aliphatic carboxylic acids is 2. The predicted molar refractivity (Wildman–Crippen MR) is 31.4 cm³/mol. The van der Waals surface area contributed by atoms with Gasteiger partial charge in [-0.1, -0.05) is 0 Å². The van der Waals surface area contributed by atoms with E-state index >= 15 is 0 Å². The van der Waals surface area contributed by atoms with Gasteiger partial charge >= 0.3 is 27.3 Å². The van der Waals surface area contributed by atoms with Crippen molar-refractivity contribution in [2.45, 2.75) is 13.8 Å². The number of rotatable bonds is 2. The molecule has 0 spiro atoms. The topological polar surface area (TPSA) is 114 Å². The first-order valence-corrected chi connectivity index (χ1v) is 2.72. The Morgan fingerprint density at radius 3 is 0.846 bits per heavy atom. The van der Waals surface area contributed by atoms with E-state index in [4.69, 9.17) is 0 Å². The zero-order valence-corrected chi connectivity index (χ0v) is 11.2. The molecule has 0 atom stereocenters. The van der Waals surface area contributed by atoms with Gasteiger partial charge in [-0.15, -0.1) is 0 Å². The molecule has 68 valence electrons. The molecule has 0 bridgehead atoms. The summed E-state index contributed by atoms with van der Waals surface area (Å²) in [6.07, 6.45) is 0. The second-order valence-corrected chi connectivity index (χ2v) is 1.69. The Morgan fingerprint density at radius 1 is 0.769 bits per heavy atom. The van der Waals surface area contributed by atoms with Crippen LogP contribution < -0.4 is 10.2 Å². The fraction of sp³-hybridized carbons (Fsp3) is 0.333. The van der Waals surface area contributed by atoms with Crippen LogP contribution in [0.25, 0.3) is 0 Å². The van der Waals surface area contributed by atoms with Gasteiger partial charge in [-0.25, -0.2) is 0 Å². The Labute approximate surface area is 94.1 Å². The first-order valence-electron chi connectivity index (χ1n) is 2.72. The van der Waals surface area contributed by atoms with E-state index in [0.717, 1.165) is 13.8 Å². The number of carbonyl (C=O) groups is 4. The van der Waals surface area contributed by atoms with E-state index in [1.807, 2.05) is 0 Å². The smallest absolute Gasteiger partial charge is 0.542 e. The largest absolute Gasteiger partial charge is 2.00 e. The number of ketones is 2. The van der Waals surface area contributed by atoms with Crippen molar-refractivity contribution in [1.82, 2.24) is 0 Å². The standard InChI is InChI=1S/2C3H4O3.Cd/c2*1-2(4)3(5)6;/h2*1H3,(H,5,6);/q;;+2/p-2. The summed E-state index contributed by atoms with van der Waals surface area (Å²) in [5.74, 6) is -5.13. The molecular weight excluding hydrogens is 280 g/mol. The van der Waals surface area contributed by atoms with Crippen molar-refractivity contribution in [3.05, 3.63) is 0 Å². The zero-order valence-electron chi connectivity index (χ0n) is 7.16. The number of Topliss-reactive ketones (excluding diaryl/α,β-unsaturated/α-hetero) is 2. The van der Waals surface area contributed by atoms with Gasteiger partial charge in [0.25, 0.3) is 0 Å². The van der Waals surface area contributed by atoms with Crippen LogP contribution >= 0.6 is 0 Å². The van der Waals surface area contributed by atoms with Gasteiger partial charge < -0.3 is 19.8 Å². The van der Waals surface area contributed by atoms with Crippen molar-refractivity contribution in [3.8, 4) is 0 Å². The molecule has 0 saturated heterocycles. The summed E-state index contributed by atoms with van der Waals surface area (Å²) in [4.78, 5) is 37.4. The molecular formula is C6H6CdO6. The summed E-state index contributed by atoms with van der Waals surface area (Å²) in [7, 11) is 0. The van der Waals surface area contributed by atoms with Crippen LogP contribution in [-0.2, 0) is 46.5 Å². The zero-order chi connectivity index (χ0) is 10.3. The van der Waals surface area contributed by atoms with Crippen LogP contribution in [0, 0.1) is 0 Å². The summed E-state index contributed by atoms with van der Waals surface area (Å²) in [6.45, 7) is 1.88. The van der Waals surface area contributed by atoms with E-state index in [1.54, 1.807) is 0 Å². The fourth-order valence-electron chi connectivity index (χ4n) is 0. The van der Waals surface area contributed by atoms with Crippen molar-refractivity contribution >= 4 is 23.5 Å². The van der Waals surface area contributed by atoms with E-state index < -0.39 is 23.5 Å². The van der Waals surface area contributed by atoms with Gasteiger partial charge in [-0.3, -0.25) is 9.59 Å². The van der Waals surface area contributed by atoms with Gasteiger partial charge in [0.05, 0.1) is 0 Å². The van der Waals surface area contributed by atoms with Crippen molar-refractivity contribution in [3.63, 3.8) is 0 Å². The maximum atomic E-state index is 9.48. The van der Waals surface area contributed by atoms with Crippen LogP contribution in [0.15, 0.2) is 0 Å². The third kappa shape index (κ3) is 18.3. The molecule has 0 amide bonds. The van der Waals surface area contributed by atoms with Crippen LogP contribution in [0.5, 0.6) is 0 Å². The predicted octanol–water partition coefficient (Wildman–Crippen LogP) is -3.35. The molecule has 0 fully saturated rings. The monoisotopic (exact) mass is 288 g/mol. The number of hydrogen-bond donors (Lipinski definition) is 0. The third-order valence-corrected chi connectivity index (χ3v) is 0.575. The Balaban J connectivity index is -0.000000143. The minimum atomic E-state index is -1.63. The van der Waals surface area contributed by atoms with Crippen LogP contribution in [0.1, 0.15) is 13.8 Å². The van der Waals surface area contributed by atoms with Crippen molar-refractivity contribution in [2.24, 2.45) is 0 Å². The van der Waals surface area contributed by atoms with E-state index in [2.05, 4.69) is 0 Å². The second kappa shape index (κ2) is 9.29. The Kier molecular flexibility index (Phi) is 12.9. The van der Waals surface area contributed by atoms with Crippen LogP contribution in [-0.4, -0.2) is 23.5 Å². The van der Waals surface area contributed by atoms with Gasteiger partial charge in [-0.05, 0) is 0 Å². The van der Waals surface area contributed by atoms with Gasteiger partial charge in [0, 0.05) is 13.8 Å². The average molecular weight is 287 g/mol. The van der Waals surface area contributed by atoms with E-state index in [1.165, 1.54) is 0 Å². The molecule has 0 rings (SSSR count). The van der Waals surface area contributed by atoms with Crippen LogP contribution in [0.3, 0.4) is 0 Å². The van der Waals surface area contributed by atoms with Crippen molar-refractivity contribution < 1.29 is 56.7 Å². The van der Waals surface area contributed by atoms with E-state index in [0.29, 0.717) is 0 Å². The Hall–Kier alpha value is -0.798. The molecule has 0 aromatic rings. The molecule has 7 heteroatoms. The molecule has 6 nitrogen and oxygen atoms in total. The van der Waals surface area contributed by atoms with Crippen LogP contribution in [0.4, 0.5) is 0 Å². The normalized spacial score (nSPS) is 6.92. The van der Waals surface area contributed by atoms with E-state index in [9.17, 15) is 29.4 Å². The molecule has 0 aliphatic heterocycles. The van der Waals surface area contributed by atoms with E-state index in [-0.39, 0.29) is 27.3 Å². The summed E-state index contributed by atoms with van der Waals surface area (Å²) in [5.41, 5.74) is 0. The van der Waals surface area contributed by atoms with Gasteiger partial charge in [0.2, 0.25) is 0 Å². The number of carbonyl (C=O) groups excluding carboxylic acids is 4. The molecule has 0 aromatic heterocycles. The second-order valence-electron chi connectivity index (χ2n) is 1.69. The molecule has 0 saturated carbocycles. The Morgan fingerprint density at radius 2 is 0.846 bits per heavy atom. The fourth-order valence-corrected chi connectivity index (χ4v) is 0. The summed E-state index contributed by atoms with van der Waals surface area (Å²) < 4.78 is 0. The average Bonchev–Trinajstić information content (AvgIpc) is 1.88. The SMILES string of the molecule is CC(=O)C(=O)[O-].CC(=O)C(=O)[O-].[Cd+2]. The summed E-state index contributed by atoms with van der Waals surface area (Å²) >= 11 is 0. The maximum Gasteiger partial charge on any atom is 2.00 e. The summed E-state index contributed by atoms with van der Waals surface area (Å²) in [5, 5.41) is 18.5. The van der Waals surface area contributed by atoms with Gasteiger partial charge in [0.15, 0.2) is 11.6 Å². The van der Waals surface area contributed by atoms with Gasteiger partial charge in [-0.2, -0.15) is 0 Å². The molecule has 0 unspecified atom stereocenters. The number of hydrogen-bond acceptors (Lipinski definition) is 6. The molecule has 0 aliphatic carbocycles. The molecule has 0 aliphatic rings. The molecule has 0 heterocycles. The van der Waals surface area contributed by atoms with Crippen molar-refractivity contribution in [2.75, 3.05) is 0 Å². The number of carboxylic acid groups (broad SMARTS) is 2. The Bertz CT molecular complexity index is 173. The molecule has 0 N–H and O–H groups in total. The molecule has 0 aromatic carbocycles.